The molecule has 0 aliphatic carbocycles. The Hall–Kier alpha value is -1.39. The average Bonchev–Trinajstić information content (AvgIpc) is 2.33. The lowest BCUT2D eigenvalue weighted by Gasteiger charge is -2.34. The highest BCUT2D eigenvalue weighted by Gasteiger charge is 2.18. The van der Waals surface area contributed by atoms with E-state index >= 15 is 0 Å². The van der Waals surface area contributed by atoms with Gasteiger partial charge in [0.25, 0.3) is 0 Å². The Bertz CT molecular complexity index is 309. The van der Waals surface area contributed by atoms with Crippen molar-refractivity contribution in [1.29, 1.82) is 0 Å². The molecular formula is C11H14N3O. The van der Waals surface area contributed by atoms with Gasteiger partial charge in [-0.1, -0.05) is 18.2 Å². The highest BCUT2D eigenvalue weighted by atomic mass is 16.1. The zero-order chi connectivity index (χ0) is 10.5. The van der Waals surface area contributed by atoms with E-state index in [1.807, 2.05) is 41.8 Å². The van der Waals surface area contributed by atoms with E-state index in [2.05, 4.69) is 5.32 Å². The monoisotopic (exact) mass is 204 g/mol. The normalized spacial score (nSPS) is 17.3. The van der Waals surface area contributed by atoms with Gasteiger partial charge in [0.1, 0.15) is 0 Å². The number of hydrogen-bond donors (Lipinski definition) is 1. The first-order valence-corrected chi connectivity index (χ1v) is 5.10. The highest BCUT2D eigenvalue weighted by molar-refractivity contribution is 5.74. The van der Waals surface area contributed by atoms with Gasteiger partial charge in [0.2, 0.25) is 0 Å². The van der Waals surface area contributed by atoms with Crippen LogP contribution in [0.15, 0.2) is 30.3 Å². The summed E-state index contributed by atoms with van der Waals surface area (Å²) in [6, 6.07) is 9.59. The Kier molecular flexibility index (Phi) is 3.32. The Morgan fingerprint density at radius 2 is 1.87 bits per heavy atom. The molecule has 1 aromatic rings. The number of hydrogen-bond acceptors (Lipinski definition) is 3. The Labute approximate surface area is 89.5 Å². The van der Waals surface area contributed by atoms with Crippen molar-refractivity contribution in [1.82, 2.24) is 10.3 Å². The number of hydrazine groups is 1. The molecule has 1 aromatic carbocycles. The summed E-state index contributed by atoms with van der Waals surface area (Å²) in [6.45, 7) is 3.49. The average molecular weight is 204 g/mol. The molecule has 1 saturated heterocycles. The standard InChI is InChI=1S/C11H14N3O/c15-10-14(11-4-2-1-3-5-11)13-8-6-12-7-9-13/h1-5,12H,6-9H2. The Morgan fingerprint density at radius 1 is 1.20 bits per heavy atom. The van der Waals surface area contributed by atoms with Crippen molar-refractivity contribution in [3.05, 3.63) is 30.3 Å². The van der Waals surface area contributed by atoms with E-state index in [0.29, 0.717) is 0 Å². The molecule has 0 saturated carbocycles. The maximum atomic E-state index is 10.9. The lowest BCUT2D eigenvalue weighted by atomic mass is 10.3. The van der Waals surface area contributed by atoms with E-state index in [9.17, 15) is 4.79 Å². The molecule has 1 N–H and O–H groups in total. The lowest BCUT2D eigenvalue weighted by Crippen LogP contribution is -2.52. The molecule has 1 aliphatic heterocycles. The van der Waals surface area contributed by atoms with Crippen LogP contribution in [-0.4, -0.2) is 37.6 Å². The molecule has 15 heavy (non-hydrogen) atoms. The topological polar surface area (TPSA) is 35.6 Å². The van der Waals surface area contributed by atoms with Crippen LogP contribution < -0.4 is 10.3 Å². The Balaban J connectivity index is 2.12. The van der Waals surface area contributed by atoms with Crippen molar-refractivity contribution in [2.75, 3.05) is 31.2 Å². The maximum absolute atomic E-state index is 10.9. The van der Waals surface area contributed by atoms with Crippen LogP contribution in [-0.2, 0) is 4.79 Å². The summed E-state index contributed by atoms with van der Waals surface area (Å²) in [4.78, 5) is 10.9. The summed E-state index contributed by atoms with van der Waals surface area (Å²) in [5, 5.41) is 6.80. The third-order valence-electron chi connectivity index (χ3n) is 2.46. The first-order chi connectivity index (χ1) is 7.42. The minimum atomic E-state index is 0.837. The molecular weight excluding hydrogens is 190 g/mol. The number of benzene rings is 1. The molecule has 0 atom stereocenters. The third-order valence-corrected chi connectivity index (χ3v) is 2.46. The number of rotatable bonds is 3. The molecule has 4 nitrogen and oxygen atoms in total. The van der Waals surface area contributed by atoms with Crippen molar-refractivity contribution >= 4 is 12.1 Å². The van der Waals surface area contributed by atoms with Crippen LogP contribution in [0.3, 0.4) is 0 Å². The molecule has 0 spiro atoms. The van der Waals surface area contributed by atoms with Crippen LogP contribution in [0.2, 0.25) is 0 Å². The molecule has 79 valence electrons. The zero-order valence-electron chi connectivity index (χ0n) is 8.52. The number of anilines is 1. The first kappa shape index (κ1) is 10.1. The fourth-order valence-corrected chi connectivity index (χ4v) is 1.70. The van der Waals surface area contributed by atoms with Gasteiger partial charge in [-0.25, -0.2) is 10.0 Å². The van der Waals surface area contributed by atoms with E-state index < -0.39 is 0 Å². The lowest BCUT2D eigenvalue weighted by molar-refractivity contribution is 0.246. The molecule has 1 aliphatic rings. The van der Waals surface area contributed by atoms with Crippen LogP contribution in [0.25, 0.3) is 0 Å². The number of para-hydroxylation sites is 1. The highest BCUT2D eigenvalue weighted by Crippen LogP contribution is 2.14. The molecule has 0 aromatic heterocycles. The van der Waals surface area contributed by atoms with E-state index in [0.717, 1.165) is 31.9 Å². The largest absolute Gasteiger partial charge is 0.332 e. The molecule has 0 unspecified atom stereocenters. The zero-order valence-corrected chi connectivity index (χ0v) is 8.52. The van der Waals surface area contributed by atoms with E-state index in [1.54, 1.807) is 5.01 Å². The summed E-state index contributed by atoms with van der Waals surface area (Å²) in [5.74, 6) is 0. The number of carbonyl (C=O) groups excluding carboxylic acids is 1. The second-order valence-corrected chi connectivity index (χ2v) is 3.44. The molecule has 2 rings (SSSR count). The van der Waals surface area contributed by atoms with Crippen LogP contribution in [0.5, 0.6) is 0 Å². The maximum Gasteiger partial charge on any atom is 0.332 e. The third kappa shape index (κ3) is 2.34. The van der Waals surface area contributed by atoms with Gasteiger partial charge in [-0.3, -0.25) is 4.79 Å². The minimum Gasteiger partial charge on any atom is -0.314 e. The van der Waals surface area contributed by atoms with Crippen molar-refractivity contribution in [3.8, 4) is 0 Å². The van der Waals surface area contributed by atoms with Crippen molar-refractivity contribution in [3.63, 3.8) is 0 Å². The molecule has 4 heteroatoms. The quantitative estimate of drug-likeness (QED) is 0.723. The van der Waals surface area contributed by atoms with E-state index in [-0.39, 0.29) is 0 Å². The van der Waals surface area contributed by atoms with Gasteiger partial charge in [0, 0.05) is 26.2 Å². The SMILES string of the molecule is O=[C]N(c1ccccc1)N1CCNCC1. The van der Waals surface area contributed by atoms with Gasteiger partial charge in [-0.2, -0.15) is 0 Å². The minimum absolute atomic E-state index is 0.837. The van der Waals surface area contributed by atoms with Gasteiger partial charge < -0.3 is 5.32 Å². The summed E-state index contributed by atoms with van der Waals surface area (Å²) in [5.41, 5.74) is 0.870. The summed E-state index contributed by atoms with van der Waals surface area (Å²) < 4.78 is 0. The van der Waals surface area contributed by atoms with Crippen LogP contribution in [0, 0.1) is 0 Å². The van der Waals surface area contributed by atoms with E-state index in [4.69, 9.17) is 0 Å². The fourth-order valence-electron chi connectivity index (χ4n) is 1.70. The molecule has 1 radical (unpaired) electrons. The van der Waals surface area contributed by atoms with E-state index in [1.165, 1.54) is 0 Å². The molecule has 1 fully saturated rings. The predicted molar refractivity (Wildman–Crippen MR) is 59.1 cm³/mol. The van der Waals surface area contributed by atoms with Gasteiger partial charge in [-0.15, -0.1) is 0 Å². The van der Waals surface area contributed by atoms with Gasteiger partial charge in [0.15, 0.2) is 0 Å². The van der Waals surface area contributed by atoms with Crippen molar-refractivity contribution in [2.45, 2.75) is 0 Å². The Morgan fingerprint density at radius 3 is 2.47 bits per heavy atom. The van der Waals surface area contributed by atoms with Gasteiger partial charge in [0.05, 0.1) is 5.69 Å². The molecule has 1 amide bonds. The summed E-state index contributed by atoms with van der Waals surface area (Å²) in [7, 11) is 0. The number of piperazine rings is 1. The smallest absolute Gasteiger partial charge is 0.314 e. The second-order valence-electron chi connectivity index (χ2n) is 3.44. The second kappa shape index (κ2) is 4.91. The number of amides is 1. The predicted octanol–water partition coefficient (Wildman–Crippen LogP) is 0.380. The van der Waals surface area contributed by atoms with Crippen LogP contribution >= 0.6 is 0 Å². The van der Waals surface area contributed by atoms with Crippen molar-refractivity contribution in [2.24, 2.45) is 0 Å². The van der Waals surface area contributed by atoms with Crippen molar-refractivity contribution < 1.29 is 4.79 Å². The summed E-state index contributed by atoms with van der Waals surface area (Å²) >= 11 is 0. The number of nitrogens with one attached hydrogen (secondary N) is 1. The molecule has 0 bridgehead atoms. The molecule has 1 heterocycles. The van der Waals surface area contributed by atoms with Crippen LogP contribution in [0.4, 0.5) is 5.69 Å². The summed E-state index contributed by atoms with van der Waals surface area (Å²) in [6.07, 6.45) is 1.97. The number of nitrogens with zero attached hydrogens (tertiary/aromatic N) is 2. The van der Waals surface area contributed by atoms with Gasteiger partial charge in [-0.05, 0) is 12.1 Å². The first-order valence-electron chi connectivity index (χ1n) is 5.10. The fraction of sp³-hybridized carbons (Fsp3) is 0.364. The van der Waals surface area contributed by atoms with Crippen LogP contribution in [0.1, 0.15) is 0 Å². The van der Waals surface area contributed by atoms with Gasteiger partial charge >= 0.3 is 6.41 Å².